The molecule has 2 aliphatic heterocycles. The number of ether oxygens (including phenoxy) is 1. The number of carbonyl (C=O) groups is 4. The highest BCUT2D eigenvalue weighted by atomic mass is 35.5. The van der Waals surface area contributed by atoms with Gasteiger partial charge in [0.2, 0.25) is 23.6 Å². The maximum Gasteiger partial charge on any atom is 0.271 e. The highest BCUT2D eigenvalue weighted by molar-refractivity contribution is 6.33. The third kappa shape index (κ3) is 4.72. The monoisotopic (exact) mass is 737 g/mol. The third-order valence-electron chi connectivity index (χ3n) is 11.1. The van der Waals surface area contributed by atoms with E-state index in [1.54, 1.807) is 54.6 Å². The summed E-state index contributed by atoms with van der Waals surface area (Å²) in [7, 11) is 1.37. The largest absolute Gasteiger partial charge is 0.503 e. The number of hydrogen-bond donors (Lipinski definition) is 1. The third-order valence-corrected chi connectivity index (χ3v) is 11.6. The first-order valence-corrected chi connectivity index (χ1v) is 17.3. The number of benzene rings is 4. The molecule has 2 saturated heterocycles. The number of anilines is 2. The second-order valence-electron chi connectivity index (χ2n) is 13.4. The van der Waals surface area contributed by atoms with Crippen LogP contribution in [0, 0.1) is 33.8 Å². The summed E-state index contributed by atoms with van der Waals surface area (Å²) in [5.74, 6) is -6.66. The number of nitro benzene ring substituents is 1. The van der Waals surface area contributed by atoms with Crippen molar-refractivity contribution in [3.05, 3.63) is 134 Å². The van der Waals surface area contributed by atoms with Gasteiger partial charge in [-0.1, -0.05) is 77.3 Å². The van der Waals surface area contributed by atoms with Gasteiger partial charge in [-0.25, -0.2) is 9.80 Å². The number of carbonyl (C=O) groups excluding carboxylic acids is 4. The van der Waals surface area contributed by atoms with Gasteiger partial charge < -0.3 is 9.84 Å². The molecule has 262 valence electrons. The molecule has 2 aliphatic carbocycles. The van der Waals surface area contributed by atoms with Crippen molar-refractivity contribution >= 4 is 63.9 Å². The molecule has 11 nitrogen and oxygen atoms in total. The van der Waals surface area contributed by atoms with Gasteiger partial charge >= 0.3 is 0 Å². The molecule has 4 amide bonds. The molecule has 1 N–H and O–H groups in total. The van der Waals surface area contributed by atoms with E-state index in [1.165, 1.54) is 37.4 Å². The van der Waals surface area contributed by atoms with E-state index >= 15 is 4.79 Å². The lowest BCUT2D eigenvalue weighted by Gasteiger charge is -2.50. The normalized spacial score (nSPS) is 26.5. The van der Waals surface area contributed by atoms with E-state index < -0.39 is 63.6 Å². The lowest BCUT2D eigenvalue weighted by molar-refractivity contribution is -0.384. The molecule has 4 aliphatic rings. The fourth-order valence-electron chi connectivity index (χ4n) is 9.03. The number of phenols is 1. The van der Waals surface area contributed by atoms with Crippen LogP contribution in [-0.4, -0.2) is 40.8 Å². The number of halogens is 2. The summed E-state index contributed by atoms with van der Waals surface area (Å²) in [6.07, 6.45) is 2.07. The molecule has 0 spiro atoms. The van der Waals surface area contributed by atoms with Gasteiger partial charge in [0.1, 0.15) is 0 Å². The van der Waals surface area contributed by atoms with Gasteiger partial charge in [-0.3, -0.25) is 29.3 Å². The van der Waals surface area contributed by atoms with E-state index in [0.717, 1.165) is 9.80 Å². The average Bonchev–Trinajstić information content (AvgIpc) is 3.53. The van der Waals surface area contributed by atoms with E-state index in [1.807, 2.05) is 12.1 Å². The molecule has 4 aromatic carbocycles. The zero-order valence-corrected chi connectivity index (χ0v) is 29.0. The molecule has 13 heteroatoms. The van der Waals surface area contributed by atoms with E-state index in [4.69, 9.17) is 27.9 Å². The van der Waals surface area contributed by atoms with Gasteiger partial charge in [0.25, 0.3) is 5.69 Å². The predicted molar refractivity (Wildman–Crippen MR) is 191 cm³/mol. The number of phenolic OH excluding ortho intramolecular Hbond substituents is 1. The number of imide groups is 2. The van der Waals surface area contributed by atoms with Crippen LogP contribution < -0.4 is 14.5 Å². The minimum absolute atomic E-state index is 0.0436. The summed E-state index contributed by atoms with van der Waals surface area (Å²) in [4.78, 5) is 71.9. The van der Waals surface area contributed by atoms with Crippen LogP contribution in [0.1, 0.15) is 29.9 Å². The minimum atomic E-state index is -1.56. The van der Waals surface area contributed by atoms with Crippen molar-refractivity contribution < 1.29 is 33.9 Å². The Morgan fingerprint density at radius 1 is 0.846 bits per heavy atom. The van der Waals surface area contributed by atoms with Crippen molar-refractivity contribution in [2.24, 2.45) is 23.7 Å². The SMILES string of the molecule is COc1cc(C2C3=CCC4C(=O)N(c5cccc([N+](=O)[O-])c5)C(=O)C4C3CC3C(=O)N(c4cccc(Cl)c4)C(=O)C32c2ccccc2)cc(Cl)c1O. The van der Waals surface area contributed by atoms with E-state index in [-0.39, 0.29) is 46.4 Å². The molecule has 52 heavy (non-hydrogen) atoms. The molecular weight excluding hydrogens is 709 g/mol. The summed E-state index contributed by atoms with van der Waals surface area (Å²) in [5, 5.41) is 22.6. The Hall–Kier alpha value is -5.52. The first-order chi connectivity index (χ1) is 25.0. The van der Waals surface area contributed by atoms with E-state index in [0.29, 0.717) is 21.7 Å². The van der Waals surface area contributed by atoms with Crippen LogP contribution in [0.5, 0.6) is 11.5 Å². The molecule has 6 unspecified atom stereocenters. The minimum Gasteiger partial charge on any atom is -0.503 e. The topological polar surface area (TPSA) is 147 Å². The number of methoxy groups -OCH3 is 1. The first kappa shape index (κ1) is 33.6. The Labute approximate surface area is 307 Å². The van der Waals surface area contributed by atoms with Gasteiger partial charge in [-0.05, 0) is 66.3 Å². The molecule has 3 fully saturated rings. The van der Waals surface area contributed by atoms with E-state index in [2.05, 4.69) is 0 Å². The molecule has 0 bridgehead atoms. The summed E-state index contributed by atoms with van der Waals surface area (Å²) in [5.41, 5.74) is 0.222. The summed E-state index contributed by atoms with van der Waals surface area (Å²) in [6.45, 7) is 0. The number of fused-ring (bicyclic) bond motifs is 4. The van der Waals surface area contributed by atoms with Gasteiger partial charge in [-0.15, -0.1) is 0 Å². The van der Waals surface area contributed by atoms with Crippen molar-refractivity contribution in [2.75, 3.05) is 16.9 Å². The molecular formula is C39H29Cl2N3O8. The van der Waals surface area contributed by atoms with Crippen molar-refractivity contribution in [1.29, 1.82) is 0 Å². The van der Waals surface area contributed by atoms with Crippen molar-refractivity contribution in [3.63, 3.8) is 0 Å². The number of nitro groups is 1. The Morgan fingerprint density at radius 2 is 1.56 bits per heavy atom. The highest BCUT2D eigenvalue weighted by Gasteiger charge is 2.70. The Bertz CT molecular complexity index is 2260. The van der Waals surface area contributed by atoms with Gasteiger partial charge in [0.05, 0.1) is 51.6 Å². The number of amides is 4. The number of nitrogens with zero attached hydrogens (tertiary/aromatic N) is 3. The highest BCUT2D eigenvalue weighted by Crippen LogP contribution is 2.65. The maximum atomic E-state index is 15.4. The van der Waals surface area contributed by atoms with Crippen LogP contribution >= 0.6 is 23.2 Å². The zero-order valence-electron chi connectivity index (χ0n) is 27.4. The Balaban J connectivity index is 1.36. The molecule has 6 atom stereocenters. The number of allylic oxidation sites excluding steroid dienone is 2. The summed E-state index contributed by atoms with van der Waals surface area (Å²) >= 11 is 13.0. The summed E-state index contributed by atoms with van der Waals surface area (Å²) in [6, 6.07) is 23.9. The van der Waals surface area contributed by atoms with Gasteiger partial charge in [0.15, 0.2) is 11.5 Å². The van der Waals surface area contributed by atoms with Crippen molar-refractivity contribution in [3.8, 4) is 11.5 Å². The standard InChI is InChI=1S/C39H29Cl2N3O8/c1-52-31-16-20(15-30(41)34(31)45)33-26-13-14-27-32(37(48)42(35(27)46)24-11-6-12-25(18-24)44(50)51)28(26)19-29-36(47)43(23-10-5-9-22(40)17-23)38(49)39(29,33)21-7-3-2-4-8-21/h2-13,15-18,27-29,32-33,45H,14,19H2,1H3. The van der Waals surface area contributed by atoms with Crippen LogP contribution in [0.15, 0.2) is 103 Å². The van der Waals surface area contributed by atoms with Crippen LogP contribution in [0.2, 0.25) is 10.0 Å². The van der Waals surface area contributed by atoms with Gasteiger partial charge in [-0.2, -0.15) is 0 Å². The van der Waals surface area contributed by atoms with Crippen LogP contribution in [-0.2, 0) is 24.6 Å². The number of rotatable bonds is 6. The molecule has 8 rings (SSSR count). The van der Waals surface area contributed by atoms with Gasteiger partial charge in [0, 0.05) is 23.1 Å². The van der Waals surface area contributed by atoms with Crippen LogP contribution in [0.25, 0.3) is 0 Å². The fraction of sp³-hybridized carbons (Fsp3) is 0.231. The van der Waals surface area contributed by atoms with Crippen molar-refractivity contribution in [1.82, 2.24) is 0 Å². The van der Waals surface area contributed by atoms with Crippen LogP contribution in [0.3, 0.4) is 0 Å². The van der Waals surface area contributed by atoms with Crippen LogP contribution in [0.4, 0.5) is 17.1 Å². The zero-order chi connectivity index (χ0) is 36.6. The second kappa shape index (κ2) is 12.3. The predicted octanol–water partition coefficient (Wildman–Crippen LogP) is 6.98. The number of aromatic hydroxyl groups is 1. The molecule has 0 radical (unpaired) electrons. The molecule has 1 saturated carbocycles. The lowest BCUT2D eigenvalue weighted by atomic mass is 9.49. The lowest BCUT2D eigenvalue weighted by Crippen LogP contribution is -2.53. The number of non-ortho nitro benzene ring substituents is 1. The van der Waals surface area contributed by atoms with E-state index in [9.17, 15) is 29.6 Å². The molecule has 0 aromatic heterocycles. The second-order valence-corrected chi connectivity index (χ2v) is 14.3. The summed E-state index contributed by atoms with van der Waals surface area (Å²) < 4.78 is 5.50. The number of hydrogen-bond acceptors (Lipinski definition) is 8. The Kier molecular flexibility index (Phi) is 7.96. The van der Waals surface area contributed by atoms with Crippen molar-refractivity contribution in [2.45, 2.75) is 24.2 Å². The first-order valence-electron chi connectivity index (χ1n) is 16.6. The maximum absolute atomic E-state index is 15.4. The quantitative estimate of drug-likeness (QED) is 0.0965. The average molecular weight is 739 g/mol. The molecule has 2 heterocycles. The smallest absolute Gasteiger partial charge is 0.271 e. The molecule has 4 aromatic rings. The fourth-order valence-corrected chi connectivity index (χ4v) is 9.44. The Morgan fingerprint density at radius 3 is 2.25 bits per heavy atom.